The van der Waals surface area contributed by atoms with Crippen molar-refractivity contribution in [2.45, 2.75) is 141 Å². The Kier molecular flexibility index (Phi) is 8.23. The lowest BCUT2D eigenvalue weighted by Gasteiger charge is -2.45. The fourth-order valence-corrected chi connectivity index (χ4v) is 7.88. The molecular formula is C38H59N3. The summed E-state index contributed by atoms with van der Waals surface area (Å²) in [6.07, 6.45) is 6.35. The van der Waals surface area contributed by atoms with Gasteiger partial charge in [0.15, 0.2) is 0 Å². The van der Waals surface area contributed by atoms with E-state index in [0.29, 0.717) is 18.0 Å². The van der Waals surface area contributed by atoms with Crippen LogP contribution < -0.4 is 4.90 Å². The molecule has 41 heavy (non-hydrogen) atoms. The third-order valence-electron chi connectivity index (χ3n) is 11.0. The summed E-state index contributed by atoms with van der Waals surface area (Å²) in [7, 11) is 0. The highest BCUT2D eigenvalue weighted by molar-refractivity contribution is 5.52. The molecule has 5 rings (SSSR count). The van der Waals surface area contributed by atoms with Crippen LogP contribution in [0.25, 0.3) is 0 Å². The van der Waals surface area contributed by atoms with Gasteiger partial charge in [0.25, 0.3) is 0 Å². The first-order valence-electron chi connectivity index (χ1n) is 16.5. The molecule has 3 atom stereocenters. The monoisotopic (exact) mass is 557 g/mol. The molecule has 2 aromatic carbocycles. The zero-order valence-electron chi connectivity index (χ0n) is 28.1. The highest BCUT2D eigenvalue weighted by Crippen LogP contribution is 2.40. The molecule has 226 valence electrons. The second-order valence-electron chi connectivity index (χ2n) is 16.9. The molecule has 0 amide bonds. The van der Waals surface area contributed by atoms with E-state index < -0.39 is 0 Å². The molecule has 0 aliphatic carbocycles. The van der Waals surface area contributed by atoms with Crippen LogP contribution in [0.3, 0.4) is 0 Å². The fraction of sp³-hybridized carbons (Fsp3) is 0.684. The molecular weight excluding hydrogens is 498 g/mol. The van der Waals surface area contributed by atoms with Crippen molar-refractivity contribution in [2.24, 2.45) is 0 Å². The molecule has 1 unspecified atom stereocenters. The molecule has 3 nitrogen and oxygen atoms in total. The quantitative estimate of drug-likeness (QED) is 0.337. The van der Waals surface area contributed by atoms with Crippen LogP contribution in [0.1, 0.15) is 124 Å². The van der Waals surface area contributed by atoms with Crippen molar-refractivity contribution >= 4 is 5.69 Å². The SMILES string of the molecule is CC(C)(C)c1ccc(C2CCCN(C(C)(C)CCC(C)(C)c3ccc(N4C[C@H]5C[C@@H]4CN5C(C)(C)C)cc3)C2)cc1. The first kappa shape index (κ1) is 30.6. The van der Waals surface area contributed by atoms with Gasteiger partial charge in [0, 0.05) is 48.5 Å². The van der Waals surface area contributed by atoms with Gasteiger partial charge in [-0.3, -0.25) is 9.80 Å². The Labute approximate surface area is 252 Å². The van der Waals surface area contributed by atoms with Gasteiger partial charge >= 0.3 is 0 Å². The van der Waals surface area contributed by atoms with Crippen LogP contribution in [-0.4, -0.2) is 59.1 Å². The molecule has 3 aliphatic rings. The summed E-state index contributed by atoms with van der Waals surface area (Å²) in [5, 5.41) is 0. The summed E-state index contributed by atoms with van der Waals surface area (Å²) in [5.74, 6) is 0.647. The van der Waals surface area contributed by atoms with E-state index in [4.69, 9.17) is 0 Å². The first-order valence-corrected chi connectivity index (χ1v) is 16.5. The zero-order chi connectivity index (χ0) is 29.8. The van der Waals surface area contributed by atoms with Crippen LogP contribution in [-0.2, 0) is 10.8 Å². The smallest absolute Gasteiger partial charge is 0.0433 e. The van der Waals surface area contributed by atoms with Gasteiger partial charge in [-0.2, -0.15) is 0 Å². The van der Waals surface area contributed by atoms with Crippen molar-refractivity contribution in [1.29, 1.82) is 0 Å². The lowest BCUT2D eigenvalue weighted by molar-refractivity contribution is 0.0714. The Bertz CT molecular complexity index is 1160. The van der Waals surface area contributed by atoms with Crippen molar-refractivity contribution in [2.75, 3.05) is 31.1 Å². The highest BCUT2D eigenvalue weighted by Gasteiger charge is 2.46. The highest BCUT2D eigenvalue weighted by atomic mass is 15.4. The molecule has 3 heteroatoms. The normalized spacial score (nSPS) is 24.8. The van der Waals surface area contributed by atoms with E-state index >= 15 is 0 Å². The van der Waals surface area contributed by atoms with Gasteiger partial charge in [-0.15, -0.1) is 0 Å². The van der Waals surface area contributed by atoms with Crippen LogP contribution >= 0.6 is 0 Å². The van der Waals surface area contributed by atoms with E-state index in [1.165, 1.54) is 80.7 Å². The van der Waals surface area contributed by atoms with E-state index in [9.17, 15) is 0 Å². The Balaban J connectivity index is 1.18. The van der Waals surface area contributed by atoms with Gasteiger partial charge < -0.3 is 4.90 Å². The van der Waals surface area contributed by atoms with E-state index in [1.54, 1.807) is 0 Å². The van der Waals surface area contributed by atoms with Crippen LogP contribution in [0.2, 0.25) is 0 Å². The third kappa shape index (κ3) is 6.57. The lowest BCUT2D eigenvalue weighted by Crippen LogP contribution is -2.53. The Hall–Kier alpha value is -1.84. The number of nitrogens with zero attached hydrogens (tertiary/aromatic N) is 3. The lowest BCUT2D eigenvalue weighted by atomic mass is 9.76. The van der Waals surface area contributed by atoms with Gasteiger partial charge in [0.1, 0.15) is 0 Å². The molecule has 0 N–H and O–H groups in total. The van der Waals surface area contributed by atoms with Gasteiger partial charge in [-0.1, -0.05) is 71.0 Å². The number of hydrogen-bond donors (Lipinski definition) is 0. The van der Waals surface area contributed by atoms with Crippen molar-refractivity contribution in [3.63, 3.8) is 0 Å². The molecule has 0 saturated carbocycles. The summed E-state index contributed by atoms with van der Waals surface area (Å²) in [6, 6.07) is 20.6. The number of fused-ring (bicyclic) bond motifs is 2. The number of hydrogen-bond acceptors (Lipinski definition) is 3. The number of likely N-dealkylation sites (tertiary alicyclic amines) is 2. The maximum Gasteiger partial charge on any atom is 0.0433 e. The van der Waals surface area contributed by atoms with Crippen LogP contribution in [0.15, 0.2) is 48.5 Å². The van der Waals surface area contributed by atoms with Crippen LogP contribution in [0, 0.1) is 0 Å². The Morgan fingerprint density at radius 2 is 1.32 bits per heavy atom. The number of anilines is 1. The van der Waals surface area contributed by atoms with E-state index in [-0.39, 0.29) is 21.9 Å². The van der Waals surface area contributed by atoms with Gasteiger partial charge in [0.2, 0.25) is 0 Å². The Morgan fingerprint density at radius 1 is 0.683 bits per heavy atom. The van der Waals surface area contributed by atoms with E-state index in [1.807, 2.05) is 0 Å². The standard InChI is InChI=1S/C38H59N3/c1-35(2,3)30-15-13-28(14-16-30)29-12-11-23-39(25-29)38(9,10)22-21-37(7,8)31-17-19-32(20-18-31)40-26-34-24-33(40)27-41(34)36(4,5)6/h13-20,29,33-34H,11-12,21-27H2,1-10H3/t29?,33-,34-/m1/s1. The average Bonchev–Trinajstić information content (AvgIpc) is 3.54. The predicted molar refractivity (Wildman–Crippen MR) is 177 cm³/mol. The summed E-state index contributed by atoms with van der Waals surface area (Å²) < 4.78 is 0. The molecule has 0 spiro atoms. The third-order valence-corrected chi connectivity index (χ3v) is 11.0. The number of piperidine rings is 1. The first-order chi connectivity index (χ1) is 19.0. The maximum atomic E-state index is 2.79. The largest absolute Gasteiger partial charge is 0.366 e. The van der Waals surface area contributed by atoms with Crippen LogP contribution in [0.5, 0.6) is 0 Å². The minimum absolute atomic E-state index is 0.167. The van der Waals surface area contributed by atoms with Crippen molar-refractivity contribution in [3.8, 4) is 0 Å². The minimum Gasteiger partial charge on any atom is -0.366 e. The molecule has 3 aliphatic heterocycles. The number of piperazine rings is 1. The maximum absolute atomic E-state index is 2.79. The molecule has 3 saturated heterocycles. The summed E-state index contributed by atoms with van der Waals surface area (Å²) in [4.78, 5) is 8.19. The van der Waals surface area contributed by atoms with Gasteiger partial charge in [0.05, 0.1) is 0 Å². The predicted octanol–water partition coefficient (Wildman–Crippen LogP) is 8.76. The van der Waals surface area contributed by atoms with E-state index in [0.717, 1.165) is 0 Å². The fourth-order valence-electron chi connectivity index (χ4n) is 7.88. The summed E-state index contributed by atoms with van der Waals surface area (Å²) >= 11 is 0. The molecule has 3 heterocycles. The molecule has 0 radical (unpaired) electrons. The average molecular weight is 558 g/mol. The second-order valence-corrected chi connectivity index (χ2v) is 16.9. The summed E-state index contributed by atoms with van der Waals surface area (Å²) in [6.45, 7) is 28.7. The van der Waals surface area contributed by atoms with Crippen molar-refractivity contribution in [1.82, 2.24) is 9.80 Å². The van der Waals surface area contributed by atoms with Gasteiger partial charge in [-0.05, 0) is 119 Å². The molecule has 2 aromatic rings. The second kappa shape index (κ2) is 11.0. The summed E-state index contributed by atoms with van der Waals surface area (Å²) in [5.41, 5.74) is 6.72. The minimum atomic E-state index is 0.167. The Morgan fingerprint density at radius 3 is 1.88 bits per heavy atom. The number of rotatable bonds is 7. The van der Waals surface area contributed by atoms with Crippen molar-refractivity contribution in [3.05, 3.63) is 65.2 Å². The van der Waals surface area contributed by atoms with Crippen LogP contribution in [0.4, 0.5) is 5.69 Å². The molecule has 0 aromatic heterocycles. The van der Waals surface area contributed by atoms with Crippen molar-refractivity contribution < 1.29 is 0 Å². The van der Waals surface area contributed by atoms with Gasteiger partial charge in [-0.25, -0.2) is 0 Å². The number of benzene rings is 2. The molecule has 3 fully saturated rings. The van der Waals surface area contributed by atoms with E-state index in [2.05, 4.69) is 132 Å². The molecule has 2 bridgehead atoms. The zero-order valence-corrected chi connectivity index (χ0v) is 28.1. The topological polar surface area (TPSA) is 9.72 Å².